The van der Waals surface area contributed by atoms with Gasteiger partial charge in [-0.3, -0.25) is 0 Å². The molecule has 4 heteroatoms. The van der Waals surface area contributed by atoms with Crippen molar-refractivity contribution in [2.24, 2.45) is 0 Å². The maximum absolute atomic E-state index is 11.2. The van der Waals surface area contributed by atoms with Crippen molar-refractivity contribution < 1.29 is 18.6 Å². The van der Waals surface area contributed by atoms with Crippen LogP contribution >= 0.6 is 0 Å². The van der Waals surface area contributed by atoms with Gasteiger partial charge in [0.15, 0.2) is 6.26 Å². The van der Waals surface area contributed by atoms with Crippen LogP contribution in [0.1, 0.15) is 0 Å². The van der Waals surface area contributed by atoms with E-state index in [1.807, 2.05) is 0 Å². The second kappa shape index (κ2) is 2.40. The minimum atomic E-state index is -0.880. The number of rotatable bonds is 2. The molecule has 1 aliphatic heterocycles. The summed E-state index contributed by atoms with van der Waals surface area (Å²) < 4.78 is 24.6. The number of ether oxygens (including phenoxy) is 3. The van der Waals surface area contributed by atoms with E-state index < -0.39 is 6.86 Å². The van der Waals surface area contributed by atoms with Gasteiger partial charge in [0, 0.05) is 0 Å². The van der Waals surface area contributed by atoms with Crippen LogP contribution in [0.25, 0.3) is 0 Å². The molecule has 0 fully saturated rings. The van der Waals surface area contributed by atoms with E-state index in [0.29, 0.717) is 0 Å². The highest BCUT2D eigenvalue weighted by molar-refractivity contribution is 4.77. The molecule has 0 saturated heterocycles. The van der Waals surface area contributed by atoms with E-state index >= 15 is 0 Å². The van der Waals surface area contributed by atoms with Gasteiger partial charge in [-0.15, -0.1) is 0 Å². The second-order valence-corrected chi connectivity index (χ2v) is 1.12. The molecule has 3 nitrogen and oxygen atoms in total. The van der Waals surface area contributed by atoms with Crippen LogP contribution in [-0.2, 0) is 14.2 Å². The van der Waals surface area contributed by atoms with Crippen molar-refractivity contribution in [1.82, 2.24) is 0 Å². The summed E-state index contributed by atoms with van der Waals surface area (Å²) in [6.07, 6.45) is 1.22. The zero-order valence-electron chi connectivity index (χ0n) is 4.09. The van der Waals surface area contributed by atoms with Gasteiger partial charge in [0.05, 0.1) is 0 Å². The van der Waals surface area contributed by atoms with E-state index in [2.05, 4.69) is 14.2 Å². The molecule has 0 spiro atoms. The predicted molar refractivity (Wildman–Crippen MR) is 22.2 cm³/mol. The first-order chi connectivity index (χ1) is 3.93. The van der Waals surface area contributed by atoms with E-state index in [9.17, 15) is 4.39 Å². The first-order valence-corrected chi connectivity index (χ1v) is 2.07. The van der Waals surface area contributed by atoms with Gasteiger partial charge >= 0.3 is 5.95 Å². The Bertz CT molecular complexity index is 101. The molecule has 0 unspecified atom stereocenters. The van der Waals surface area contributed by atoms with Crippen molar-refractivity contribution in [3.05, 3.63) is 12.2 Å². The average molecular weight is 120 g/mol. The smallest absolute Gasteiger partial charge is 0.320 e. The third-order valence-electron chi connectivity index (χ3n) is 0.646. The molecule has 1 rings (SSSR count). The first kappa shape index (κ1) is 5.21. The Morgan fingerprint density at radius 1 is 1.88 bits per heavy atom. The molecule has 0 atom stereocenters. The molecular formula is C4H5FO3. The van der Waals surface area contributed by atoms with E-state index in [0.717, 1.165) is 0 Å². The second-order valence-electron chi connectivity index (χ2n) is 1.12. The molecule has 0 aromatic rings. The Morgan fingerprint density at radius 2 is 2.75 bits per heavy atom. The van der Waals surface area contributed by atoms with Gasteiger partial charge in [-0.25, -0.2) is 4.39 Å². The lowest BCUT2D eigenvalue weighted by molar-refractivity contribution is -0.0165. The molecule has 0 aromatic carbocycles. The van der Waals surface area contributed by atoms with Gasteiger partial charge in [0.1, 0.15) is 0 Å². The summed E-state index contributed by atoms with van der Waals surface area (Å²) in [6.45, 7) is -0.759. The van der Waals surface area contributed by atoms with Gasteiger partial charge in [0.25, 0.3) is 0 Å². The van der Waals surface area contributed by atoms with Gasteiger partial charge < -0.3 is 14.2 Å². The topological polar surface area (TPSA) is 27.7 Å². The van der Waals surface area contributed by atoms with E-state index in [4.69, 9.17) is 0 Å². The Hall–Kier alpha value is -0.930. The zero-order valence-corrected chi connectivity index (χ0v) is 4.09. The van der Waals surface area contributed by atoms with Crippen LogP contribution in [-0.4, -0.2) is 13.7 Å². The van der Waals surface area contributed by atoms with Crippen molar-refractivity contribution in [2.75, 3.05) is 13.7 Å². The largest absolute Gasteiger partial charge is 0.458 e. The summed E-state index contributed by atoms with van der Waals surface area (Å²) in [5, 5.41) is 0. The Morgan fingerprint density at radius 3 is 3.25 bits per heavy atom. The molecule has 46 valence electrons. The number of hydrogen-bond acceptors (Lipinski definition) is 3. The molecule has 8 heavy (non-hydrogen) atoms. The highest BCUT2D eigenvalue weighted by Crippen LogP contribution is 2.06. The van der Waals surface area contributed by atoms with Gasteiger partial charge in [0.2, 0.25) is 13.7 Å². The highest BCUT2D eigenvalue weighted by atomic mass is 19.1. The van der Waals surface area contributed by atoms with Crippen LogP contribution in [0.5, 0.6) is 0 Å². The molecule has 0 saturated carbocycles. The van der Waals surface area contributed by atoms with E-state index in [-0.39, 0.29) is 12.7 Å². The minimum absolute atomic E-state index is 0.104. The SMILES string of the molecule is FCOC1=COCO1. The summed E-state index contributed by atoms with van der Waals surface area (Å²) in [5.41, 5.74) is 0. The third-order valence-corrected chi connectivity index (χ3v) is 0.646. The summed E-state index contributed by atoms with van der Waals surface area (Å²) in [4.78, 5) is 0. The molecule has 0 aliphatic carbocycles. The number of alkyl halides is 1. The Kier molecular flexibility index (Phi) is 1.56. The van der Waals surface area contributed by atoms with Gasteiger partial charge in [-0.05, 0) is 0 Å². The molecule has 1 aliphatic rings. The fourth-order valence-corrected chi connectivity index (χ4v) is 0.358. The molecule has 0 N–H and O–H groups in total. The lowest BCUT2D eigenvalue weighted by Gasteiger charge is -1.96. The Labute approximate surface area is 45.6 Å². The normalized spacial score (nSPS) is 16.4. The predicted octanol–water partition coefficient (Wildman–Crippen LogP) is 0.733. The maximum Gasteiger partial charge on any atom is 0.320 e. The van der Waals surface area contributed by atoms with E-state index in [1.165, 1.54) is 6.26 Å². The standard InChI is InChI=1S/C4H5FO3/c5-2-7-4-1-6-3-8-4/h1H,2-3H2. The number of hydrogen-bond donors (Lipinski definition) is 0. The summed E-state index contributed by atoms with van der Waals surface area (Å²) in [7, 11) is 0. The monoisotopic (exact) mass is 120 g/mol. The number of halogens is 1. The average Bonchev–Trinajstić information content (AvgIpc) is 2.19. The van der Waals surface area contributed by atoms with Crippen LogP contribution < -0.4 is 0 Å². The van der Waals surface area contributed by atoms with Crippen LogP contribution in [0.2, 0.25) is 0 Å². The zero-order chi connectivity index (χ0) is 5.82. The van der Waals surface area contributed by atoms with Crippen LogP contribution in [0.4, 0.5) is 4.39 Å². The molecule has 0 amide bonds. The van der Waals surface area contributed by atoms with Crippen molar-refractivity contribution in [1.29, 1.82) is 0 Å². The first-order valence-electron chi connectivity index (χ1n) is 2.07. The quantitative estimate of drug-likeness (QED) is 0.537. The van der Waals surface area contributed by atoms with Gasteiger partial charge in [-0.2, -0.15) is 0 Å². The fourth-order valence-electron chi connectivity index (χ4n) is 0.358. The summed E-state index contributed by atoms with van der Waals surface area (Å²) >= 11 is 0. The maximum atomic E-state index is 11.2. The van der Waals surface area contributed by atoms with Crippen LogP contribution in [0, 0.1) is 0 Å². The van der Waals surface area contributed by atoms with Gasteiger partial charge in [-0.1, -0.05) is 0 Å². The lowest BCUT2D eigenvalue weighted by atomic mass is 11.0. The van der Waals surface area contributed by atoms with Crippen molar-refractivity contribution in [3.8, 4) is 0 Å². The van der Waals surface area contributed by atoms with Crippen LogP contribution in [0.3, 0.4) is 0 Å². The van der Waals surface area contributed by atoms with Crippen molar-refractivity contribution in [2.45, 2.75) is 0 Å². The fraction of sp³-hybridized carbons (Fsp3) is 0.500. The van der Waals surface area contributed by atoms with E-state index in [1.54, 1.807) is 0 Å². The minimum Gasteiger partial charge on any atom is -0.458 e. The highest BCUT2D eigenvalue weighted by Gasteiger charge is 2.04. The molecular weight excluding hydrogens is 115 g/mol. The lowest BCUT2D eigenvalue weighted by Crippen LogP contribution is -1.90. The summed E-state index contributed by atoms with van der Waals surface area (Å²) in [5.74, 6) is 0.104. The Balaban J connectivity index is 2.23. The molecule has 0 aromatic heterocycles. The molecule has 0 radical (unpaired) electrons. The molecule has 0 bridgehead atoms. The summed E-state index contributed by atoms with van der Waals surface area (Å²) in [6, 6.07) is 0. The van der Waals surface area contributed by atoms with Crippen molar-refractivity contribution >= 4 is 0 Å². The van der Waals surface area contributed by atoms with Crippen LogP contribution in [0.15, 0.2) is 12.2 Å². The van der Waals surface area contributed by atoms with Crippen molar-refractivity contribution in [3.63, 3.8) is 0 Å². The third kappa shape index (κ3) is 1.02. The molecule has 1 heterocycles.